The number of furan rings is 1. The first-order chi connectivity index (χ1) is 5.20. The Morgan fingerprint density at radius 2 is 2.55 bits per heavy atom. The lowest BCUT2D eigenvalue weighted by atomic mass is 10.4. The van der Waals surface area contributed by atoms with E-state index < -0.39 is 4.92 Å². The second-order valence-electron chi connectivity index (χ2n) is 1.74. The molecule has 0 saturated carbocycles. The van der Waals surface area contributed by atoms with Crippen molar-refractivity contribution in [3.8, 4) is 0 Å². The van der Waals surface area contributed by atoms with E-state index in [-0.39, 0.29) is 0 Å². The summed E-state index contributed by atoms with van der Waals surface area (Å²) in [6.45, 7) is 0. The van der Waals surface area contributed by atoms with Gasteiger partial charge in [-0.3, -0.25) is 10.1 Å². The van der Waals surface area contributed by atoms with Crippen LogP contribution in [0.15, 0.2) is 29.0 Å². The maximum atomic E-state index is 9.96. The Morgan fingerprint density at radius 1 is 1.82 bits per heavy atom. The largest absolute Gasteiger partial charge is 0.464 e. The van der Waals surface area contributed by atoms with Gasteiger partial charge < -0.3 is 4.42 Å². The molecule has 5 heteroatoms. The van der Waals surface area contributed by atoms with E-state index in [1.165, 1.54) is 6.26 Å². The third-order valence-electron chi connectivity index (χ3n) is 0.975. The number of nitrogens with zero attached hydrogens (tertiary/aromatic N) is 1. The van der Waals surface area contributed by atoms with Gasteiger partial charge in [0.05, 0.1) is 11.2 Å². The maximum absolute atomic E-state index is 9.96. The summed E-state index contributed by atoms with van der Waals surface area (Å²) in [6.07, 6.45) is 2.28. The van der Waals surface area contributed by atoms with Crippen molar-refractivity contribution >= 4 is 20.4 Å². The zero-order valence-corrected chi connectivity index (χ0v) is 6.95. The number of nitro groups is 1. The molecule has 0 aliphatic carbocycles. The van der Waals surface area contributed by atoms with Gasteiger partial charge in [0.2, 0.25) is 0 Å². The summed E-state index contributed by atoms with van der Waals surface area (Å²) in [6, 6.07) is 3.29. The van der Waals surface area contributed by atoms with Crippen molar-refractivity contribution in [2.45, 2.75) is 0 Å². The highest BCUT2D eigenvalue weighted by atomic mass is 79.9. The van der Waals surface area contributed by atoms with Crippen molar-refractivity contribution < 1.29 is 9.34 Å². The van der Waals surface area contributed by atoms with Crippen LogP contribution in [0.2, 0.25) is 0 Å². The van der Waals surface area contributed by atoms with Gasteiger partial charge in [-0.25, -0.2) is 0 Å². The highest BCUT2D eigenvalue weighted by molar-refractivity contribution is 9.15. The van der Waals surface area contributed by atoms with Gasteiger partial charge >= 0.3 is 0 Å². The van der Waals surface area contributed by atoms with Crippen molar-refractivity contribution in [1.82, 2.24) is 0 Å². The quantitative estimate of drug-likeness (QED) is 0.564. The summed E-state index contributed by atoms with van der Waals surface area (Å²) in [4.78, 5) is 9.41. The van der Waals surface area contributed by atoms with Crippen molar-refractivity contribution in [2.24, 2.45) is 0 Å². The Bertz CT molecular complexity index is 278. The Balaban J connectivity index is 2.86. The van der Waals surface area contributed by atoms with E-state index in [1.807, 2.05) is 0 Å². The van der Waals surface area contributed by atoms with Crippen LogP contribution in [0.1, 0.15) is 5.76 Å². The lowest BCUT2D eigenvalue weighted by molar-refractivity contribution is -0.401. The first-order valence-electron chi connectivity index (χ1n) is 2.75. The van der Waals surface area contributed by atoms with Gasteiger partial charge in [0.25, 0.3) is 6.20 Å². The van der Waals surface area contributed by atoms with E-state index in [4.69, 9.17) is 4.42 Å². The number of rotatable bonds is 2. The van der Waals surface area contributed by atoms with Crippen LogP contribution in [0.3, 0.4) is 0 Å². The third-order valence-corrected chi connectivity index (χ3v) is 1.57. The number of hydrogen-bond acceptors (Lipinski definition) is 3. The topological polar surface area (TPSA) is 56.3 Å². The molecular weight excluding hydrogens is 214 g/mol. The summed E-state index contributed by atoms with van der Waals surface area (Å²) in [5, 5.41) is 9.96. The van der Waals surface area contributed by atoms with E-state index >= 15 is 0 Å². The molecule has 0 aliphatic rings. The third kappa shape index (κ3) is 2.19. The summed E-state index contributed by atoms with van der Waals surface area (Å²) in [5.41, 5.74) is 0. The monoisotopic (exact) mass is 217 g/mol. The molecule has 1 aromatic rings. The molecule has 0 bridgehead atoms. The summed E-state index contributed by atoms with van der Waals surface area (Å²) in [5.74, 6) is 0.446. The minimum Gasteiger partial charge on any atom is -0.464 e. The van der Waals surface area contributed by atoms with Crippen LogP contribution in [-0.2, 0) is 0 Å². The molecule has 0 spiro atoms. The number of halogens is 1. The zero-order chi connectivity index (χ0) is 8.27. The van der Waals surface area contributed by atoms with Gasteiger partial charge in [0.1, 0.15) is 10.2 Å². The van der Waals surface area contributed by atoms with Gasteiger partial charge in [-0.15, -0.1) is 0 Å². The fourth-order valence-corrected chi connectivity index (χ4v) is 0.963. The van der Waals surface area contributed by atoms with Crippen LogP contribution in [0, 0.1) is 10.1 Å². The molecule has 0 unspecified atom stereocenters. The molecule has 1 aromatic heterocycles. The molecule has 4 nitrogen and oxygen atoms in total. The van der Waals surface area contributed by atoms with Crippen molar-refractivity contribution in [2.75, 3.05) is 0 Å². The molecule has 0 N–H and O–H groups in total. The molecule has 0 amide bonds. The average molecular weight is 218 g/mol. The first kappa shape index (κ1) is 8.00. The van der Waals surface area contributed by atoms with E-state index in [0.717, 1.165) is 6.20 Å². The molecule has 0 radical (unpaired) electrons. The van der Waals surface area contributed by atoms with Crippen LogP contribution >= 0.6 is 15.9 Å². The van der Waals surface area contributed by atoms with Crippen LogP contribution in [0.5, 0.6) is 0 Å². The minimum absolute atomic E-state index is 0.326. The first-order valence-corrected chi connectivity index (χ1v) is 3.54. The van der Waals surface area contributed by atoms with Crippen molar-refractivity contribution in [1.29, 1.82) is 0 Å². The minimum atomic E-state index is -0.549. The normalized spacial score (nSPS) is 11.5. The number of hydrogen-bond donors (Lipinski definition) is 0. The fourth-order valence-electron chi connectivity index (χ4n) is 0.571. The van der Waals surface area contributed by atoms with Crippen molar-refractivity contribution in [3.05, 3.63) is 40.5 Å². The van der Waals surface area contributed by atoms with E-state index in [1.54, 1.807) is 12.1 Å². The van der Waals surface area contributed by atoms with E-state index in [2.05, 4.69) is 15.9 Å². The molecule has 0 saturated heterocycles. The summed E-state index contributed by atoms with van der Waals surface area (Å²) in [7, 11) is 0. The molecule has 1 heterocycles. The second-order valence-corrected chi connectivity index (χ2v) is 2.59. The lowest BCUT2D eigenvalue weighted by Gasteiger charge is -1.86. The van der Waals surface area contributed by atoms with Gasteiger partial charge in [-0.2, -0.15) is 0 Å². The van der Waals surface area contributed by atoms with Gasteiger partial charge in [-0.05, 0) is 28.1 Å². The SMILES string of the molecule is O=[N+]([O-])/C=C(\Br)c1ccco1. The molecule has 0 aliphatic heterocycles. The Labute approximate surface area is 70.8 Å². The molecule has 58 valence electrons. The van der Waals surface area contributed by atoms with Gasteiger partial charge in [0.15, 0.2) is 0 Å². The van der Waals surface area contributed by atoms with Crippen LogP contribution in [0.4, 0.5) is 0 Å². The molecular formula is C6H4BrNO3. The predicted octanol–water partition coefficient (Wildman–Crippen LogP) is 2.25. The Kier molecular flexibility index (Phi) is 2.43. The molecule has 0 fully saturated rings. The smallest absolute Gasteiger partial charge is 0.252 e. The maximum Gasteiger partial charge on any atom is 0.252 e. The Morgan fingerprint density at radius 3 is 3.00 bits per heavy atom. The second kappa shape index (κ2) is 3.34. The van der Waals surface area contributed by atoms with Crippen molar-refractivity contribution in [3.63, 3.8) is 0 Å². The van der Waals surface area contributed by atoms with E-state index in [9.17, 15) is 10.1 Å². The molecule has 0 atom stereocenters. The van der Waals surface area contributed by atoms with Crippen LogP contribution < -0.4 is 0 Å². The van der Waals surface area contributed by atoms with E-state index in [0.29, 0.717) is 10.2 Å². The summed E-state index contributed by atoms with van der Waals surface area (Å²) >= 11 is 2.99. The van der Waals surface area contributed by atoms with Crippen LogP contribution in [0.25, 0.3) is 4.48 Å². The standard InChI is InChI=1S/C6H4BrNO3/c7-5(4-8(9)10)6-2-1-3-11-6/h1-4H/b5-4-. The highest BCUT2D eigenvalue weighted by Gasteiger charge is 2.03. The molecule has 1 rings (SSSR count). The zero-order valence-electron chi connectivity index (χ0n) is 5.36. The lowest BCUT2D eigenvalue weighted by Crippen LogP contribution is -1.84. The molecule has 11 heavy (non-hydrogen) atoms. The predicted molar refractivity (Wildman–Crippen MR) is 42.6 cm³/mol. The highest BCUT2D eigenvalue weighted by Crippen LogP contribution is 2.20. The fraction of sp³-hybridized carbons (Fsp3) is 0. The summed E-state index contributed by atoms with van der Waals surface area (Å²) < 4.78 is 5.20. The van der Waals surface area contributed by atoms with Crippen LogP contribution in [-0.4, -0.2) is 4.92 Å². The molecule has 0 aromatic carbocycles. The van der Waals surface area contributed by atoms with Gasteiger partial charge in [-0.1, -0.05) is 0 Å². The Hall–Kier alpha value is -1.10. The van der Waals surface area contributed by atoms with Gasteiger partial charge in [0, 0.05) is 0 Å². The average Bonchev–Trinajstić information content (AvgIpc) is 2.35.